The van der Waals surface area contributed by atoms with Gasteiger partial charge in [-0.25, -0.2) is 0 Å². The molecule has 2 nitrogen and oxygen atoms in total. The lowest BCUT2D eigenvalue weighted by Gasteiger charge is -2.14. The van der Waals surface area contributed by atoms with Crippen LogP contribution in [0.5, 0.6) is 0 Å². The van der Waals surface area contributed by atoms with Crippen LogP contribution in [0.25, 0.3) is 0 Å². The summed E-state index contributed by atoms with van der Waals surface area (Å²) in [5.74, 6) is 0. The molecule has 1 N–H and O–H groups in total. The van der Waals surface area contributed by atoms with E-state index in [0.717, 1.165) is 11.1 Å². The van der Waals surface area contributed by atoms with Crippen LogP contribution in [0, 0.1) is 13.8 Å². The Morgan fingerprint density at radius 1 is 1.24 bits per heavy atom. The summed E-state index contributed by atoms with van der Waals surface area (Å²) in [7, 11) is 0. The van der Waals surface area contributed by atoms with Gasteiger partial charge in [0.25, 0.3) is 0 Å². The standard InChI is InChI=1S/C12H15F3O2/c1-8-3-4-10(5-9(8)2)11(16)6-17-7-12(13,14)15/h3-5,11,16H,6-7H2,1-2H3. The van der Waals surface area contributed by atoms with Gasteiger partial charge in [0.15, 0.2) is 0 Å². The SMILES string of the molecule is Cc1ccc(C(O)COCC(F)(F)F)cc1C. The highest BCUT2D eigenvalue weighted by Gasteiger charge is 2.27. The molecule has 0 aliphatic heterocycles. The van der Waals surface area contributed by atoms with Crippen molar-refractivity contribution in [3.8, 4) is 0 Å². The maximum atomic E-state index is 11.8. The Balaban J connectivity index is 2.52. The molecule has 1 aromatic rings. The molecule has 1 atom stereocenters. The molecule has 5 heteroatoms. The molecule has 1 aromatic carbocycles. The number of alkyl halides is 3. The maximum Gasteiger partial charge on any atom is 0.411 e. The Bertz CT molecular complexity index is 375. The first-order valence-electron chi connectivity index (χ1n) is 5.19. The number of ether oxygens (including phenoxy) is 1. The zero-order chi connectivity index (χ0) is 13.1. The van der Waals surface area contributed by atoms with Crippen molar-refractivity contribution in [2.45, 2.75) is 26.1 Å². The van der Waals surface area contributed by atoms with Crippen molar-refractivity contribution in [2.75, 3.05) is 13.2 Å². The van der Waals surface area contributed by atoms with Gasteiger partial charge in [-0.05, 0) is 30.5 Å². The molecule has 1 unspecified atom stereocenters. The second-order valence-electron chi connectivity index (χ2n) is 3.99. The van der Waals surface area contributed by atoms with Crippen LogP contribution >= 0.6 is 0 Å². The smallest absolute Gasteiger partial charge is 0.386 e. The van der Waals surface area contributed by atoms with E-state index in [1.807, 2.05) is 19.9 Å². The van der Waals surface area contributed by atoms with Crippen LogP contribution in [0.3, 0.4) is 0 Å². The van der Waals surface area contributed by atoms with Crippen molar-refractivity contribution >= 4 is 0 Å². The fraction of sp³-hybridized carbons (Fsp3) is 0.500. The Kier molecular flexibility index (Phi) is 4.54. The van der Waals surface area contributed by atoms with Gasteiger partial charge in [0.1, 0.15) is 12.7 Å². The van der Waals surface area contributed by atoms with E-state index in [2.05, 4.69) is 4.74 Å². The molecule has 0 spiro atoms. The van der Waals surface area contributed by atoms with E-state index in [1.165, 1.54) is 0 Å². The van der Waals surface area contributed by atoms with E-state index in [9.17, 15) is 18.3 Å². The monoisotopic (exact) mass is 248 g/mol. The normalized spacial score (nSPS) is 13.8. The van der Waals surface area contributed by atoms with E-state index in [4.69, 9.17) is 0 Å². The Morgan fingerprint density at radius 3 is 2.41 bits per heavy atom. The molecule has 17 heavy (non-hydrogen) atoms. The molecule has 0 aliphatic rings. The van der Waals surface area contributed by atoms with Gasteiger partial charge in [0.2, 0.25) is 0 Å². The van der Waals surface area contributed by atoms with Gasteiger partial charge in [-0.2, -0.15) is 13.2 Å². The third kappa shape index (κ3) is 4.75. The van der Waals surface area contributed by atoms with Crippen LogP contribution < -0.4 is 0 Å². The number of halogens is 3. The predicted octanol–water partition coefficient (Wildman–Crippen LogP) is 2.92. The Labute approximate surface area is 98.0 Å². The van der Waals surface area contributed by atoms with Crippen LogP contribution in [-0.4, -0.2) is 24.5 Å². The minimum Gasteiger partial charge on any atom is -0.386 e. The minimum absolute atomic E-state index is 0.359. The van der Waals surface area contributed by atoms with Gasteiger partial charge in [-0.3, -0.25) is 0 Å². The first-order valence-corrected chi connectivity index (χ1v) is 5.19. The highest BCUT2D eigenvalue weighted by Crippen LogP contribution is 2.19. The number of hydrogen-bond donors (Lipinski definition) is 1. The van der Waals surface area contributed by atoms with Crippen LogP contribution in [-0.2, 0) is 4.74 Å². The molecule has 0 amide bonds. The molecular weight excluding hydrogens is 233 g/mol. The summed E-state index contributed by atoms with van der Waals surface area (Å²) in [4.78, 5) is 0. The van der Waals surface area contributed by atoms with Crippen molar-refractivity contribution in [1.29, 1.82) is 0 Å². The lowest BCUT2D eigenvalue weighted by atomic mass is 10.0. The average Bonchev–Trinajstić information content (AvgIpc) is 2.20. The molecule has 0 aromatic heterocycles. The molecule has 0 aliphatic carbocycles. The molecule has 0 heterocycles. The quantitative estimate of drug-likeness (QED) is 0.887. The van der Waals surface area contributed by atoms with Crippen LogP contribution in [0.4, 0.5) is 13.2 Å². The fourth-order valence-corrected chi connectivity index (χ4v) is 1.35. The third-order valence-electron chi connectivity index (χ3n) is 2.46. The van der Waals surface area contributed by atoms with Crippen molar-refractivity contribution in [3.05, 3.63) is 34.9 Å². The molecule has 0 fully saturated rings. The molecule has 0 saturated heterocycles. The van der Waals surface area contributed by atoms with E-state index in [1.54, 1.807) is 12.1 Å². The third-order valence-corrected chi connectivity index (χ3v) is 2.46. The highest BCUT2D eigenvalue weighted by atomic mass is 19.4. The minimum atomic E-state index is -4.36. The van der Waals surface area contributed by atoms with E-state index in [0.29, 0.717) is 5.56 Å². The lowest BCUT2D eigenvalue weighted by molar-refractivity contribution is -0.179. The summed E-state index contributed by atoms with van der Waals surface area (Å²) >= 11 is 0. The maximum absolute atomic E-state index is 11.8. The number of aliphatic hydroxyl groups is 1. The zero-order valence-electron chi connectivity index (χ0n) is 9.71. The summed E-state index contributed by atoms with van der Waals surface area (Å²) in [6, 6.07) is 5.25. The zero-order valence-corrected chi connectivity index (χ0v) is 9.71. The number of aliphatic hydroxyl groups excluding tert-OH is 1. The number of rotatable bonds is 4. The molecule has 0 bridgehead atoms. The van der Waals surface area contributed by atoms with E-state index >= 15 is 0 Å². The average molecular weight is 248 g/mol. The number of aryl methyl sites for hydroxylation is 2. The number of benzene rings is 1. The molecule has 0 saturated carbocycles. The second kappa shape index (κ2) is 5.51. The molecule has 96 valence electrons. The van der Waals surface area contributed by atoms with Gasteiger partial charge >= 0.3 is 6.18 Å². The first-order chi connectivity index (χ1) is 7.79. The summed E-state index contributed by atoms with van der Waals surface area (Å²) in [5.41, 5.74) is 2.62. The van der Waals surface area contributed by atoms with Gasteiger partial charge in [-0.1, -0.05) is 18.2 Å². The lowest BCUT2D eigenvalue weighted by Crippen LogP contribution is -2.19. The van der Waals surface area contributed by atoms with Gasteiger partial charge in [0.05, 0.1) is 6.61 Å². The van der Waals surface area contributed by atoms with Crippen LogP contribution in [0.1, 0.15) is 22.8 Å². The van der Waals surface area contributed by atoms with Crippen LogP contribution in [0.15, 0.2) is 18.2 Å². The fourth-order valence-electron chi connectivity index (χ4n) is 1.35. The Morgan fingerprint density at radius 2 is 1.88 bits per heavy atom. The molecular formula is C12H15F3O2. The summed E-state index contributed by atoms with van der Waals surface area (Å²) in [6.45, 7) is 2.10. The van der Waals surface area contributed by atoms with Crippen molar-refractivity contribution in [1.82, 2.24) is 0 Å². The van der Waals surface area contributed by atoms with Crippen molar-refractivity contribution in [2.24, 2.45) is 0 Å². The van der Waals surface area contributed by atoms with Crippen molar-refractivity contribution < 1.29 is 23.0 Å². The van der Waals surface area contributed by atoms with Crippen LogP contribution in [0.2, 0.25) is 0 Å². The highest BCUT2D eigenvalue weighted by molar-refractivity contribution is 5.31. The summed E-state index contributed by atoms with van der Waals surface area (Å²) in [5, 5.41) is 9.64. The van der Waals surface area contributed by atoms with Gasteiger partial charge < -0.3 is 9.84 Å². The molecule has 1 rings (SSSR count). The number of hydrogen-bond acceptors (Lipinski definition) is 2. The second-order valence-corrected chi connectivity index (χ2v) is 3.99. The summed E-state index contributed by atoms with van der Waals surface area (Å²) < 4.78 is 39.9. The summed E-state index contributed by atoms with van der Waals surface area (Å²) in [6.07, 6.45) is -5.39. The van der Waals surface area contributed by atoms with E-state index < -0.39 is 18.9 Å². The molecule has 0 radical (unpaired) electrons. The largest absolute Gasteiger partial charge is 0.411 e. The predicted molar refractivity (Wildman–Crippen MR) is 57.7 cm³/mol. The Hall–Kier alpha value is -1.07. The van der Waals surface area contributed by atoms with Crippen molar-refractivity contribution in [3.63, 3.8) is 0 Å². The first kappa shape index (κ1) is 14.0. The van der Waals surface area contributed by atoms with Gasteiger partial charge in [0, 0.05) is 0 Å². The topological polar surface area (TPSA) is 29.5 Å². The van der Waals surface area contributed by atoms with E-state index in [-0.39, 0.29) is 6.61 Å². The van der Waals surface area contributed by atoms with Gasteiger partial charge in [-0.15, -0.1) is 0 Å².